The molecule has 0 bridgehead atoms. The molecule has 0 saturated heterocycles. The fourth-order valence-electron chi connectivity index (χ4n) is 1.91. The molecule has 0 aromatic carbocycles. The van der Waals surface area contributed by atoms with E-state index in [-0.39, 0.29) is 0 Å². The fraction of sp³-hybridized carbons (Fsp3) is 0.692. The Kier molecular flexibility index (Phi) is 2.70. The van der Waals surface area contributed by atoms with Crippen LogP contribution in [0.25, 0.3) is 0 Å². The average molecular weight is 208 g/mol. The third-order valence-corrected chi connectivity index (χ3v) is 4.55. The lowest BCUT2D eigenvalue weighted by Gasteiger charge is -2.08. The normalized spacial score (nSPS) is 17.0. The van der Waals surface area contributed by atoms with Crippen LogP contribution < -0.4 is 0 Å². The van der Waals surface area contributed by atoms with Gasteiger partial charge in [0.25, 0.3) is 0 Å². The minimum absolute atomic E-state index is 0.691. The summed E-state index contributed by atoms with van der Waals surface area (Å²) in [6.07, 6.45) is 2.85. The average Bonchev–Trinajstić information content (AvgIpc) is 2.83. The molecule has 0 amide bonds. The third kappa shape index (κ3) is 1.88. The smallest absolute Gasteiger partial charge is 0.0108 e. The van der Waals surface area contributed by atoms with Gasteiger partial charge >= 0.3 is 0 Å². The van der Waals surface area contributed by atoms with E-state index in [1.165, 1.54) is 12.8 Å². The van der Waals surface area contributed by atoms with Gasteiger partial charge < -0.3 is 0 Å². The molecule has 2 rings (SSSR count). The highest BCUT2D eigenvalue weighted by atomic mass is 32.1. The van der Waals surface area contributed by atoms with E-state index in [2.05, 4.69) is 45.1 Å². The van der Waals surface area contributed by atoms with Gasteiger partial charge in [-0.3, -0.25) is 0 Å². The van der Waals surface area contributed by atoms with Crippen molar-refractivity contribution in [2.24, 2.45) is 0 Å². The molecule has 0 atom stereocenters. The summed E-state index contributed by atoms with van der Waals surface area (Å²) in [5, 5.41) is 0. The molecular weight excluding hydrogens is 188 g/mol. The molecule has 78 valence electrons. The van der Waals surface area contributed by atoms with Gasteiger partial charge in [0, 0.05) is 9.75 Å². The van der Waals surface area contributed by atoms with Crippen molar-refractivity contribution >= 4 is 11.3 Å². The van der Waals surface area contributed by atoms with Crippen molar-refractivity contribution in [1.82, 2.24) is 0 Å². The van der Waals surface area contributed by atoms with Crippen molar-refractivity contribution in [3.05, 3.63) is 21.4 Å². The Bertz CT molecular complexity index is 290. The van der Waals surface area contributed by atoms with E-state index >= 15 is 0 Å². The molecule has 1 saturated carbocycles. The summed E-state index contributed by atoms with van der Waals surface area (Å²) < 4.78 is 0. The van der Waals surface area contributed by atoms with Crippen molar-refractivity contribution in [3.8, 4) is 0 Å². The maximum absolute atomic E-state index is 2.47. The maximum Gasteiger partial charge on any atom is 0.0108 e. The van der Waals surface area contributed by atoms with Gasteiger partial charge in [0.05, 0.1) is 0 Å². The molecule has 1 heteroatoms. The molecule has 1 aliphatic carbocycles. The quantitative estimate of drug-likeness (QED) is 0.664. The lowest BCUT2D eigenvalue weighted by atomic mass is 9.98. The van der Waals surface area contributed by atoms with Crippen LogP contribution in [-0.2, 0) is 0 Å². The van der Waals surface area contributed by atoms with Gasteiger partial charge in [0.2, 0.25) is 0 Å². The zero-order valence-corrected chi connectivity index (χ0v) is 10.4. The van der Waals surface area contributed by atoms with Crippen LogP contribution in [0, 0.1) is 0 Å². The summed E-state index contributed by atoms with van der Waals surface area (Å²) in [5.74, 6) is 2.31. The van der Waals surface area contributed by atoms with Crippen LogP contribution in [0.15, 0.2) is 6.07 Å². The molecule has 0 radical (unpaired) electrons. The first-order valence-electron chi connectivity index (χ1n) is 5.73. The largest absolute Gasteiger partial charge is 0.145 e. The van der Waals surface area contributed by atoms with Crippen LogP contribution in [0.5, 0.6) is 0 Å². The maximum atomic E-state index is 2.47. The van der Waals surface area contributed by atoms with E-state index in [9.17, 15) is 0 Å². The number of hydrogen-bond donors (Lipinski definition) is 0. The van der Waals surface area contributed by atoms with Gasteiger partial charge in [-0.2, -0.15) is 0 Å². The zero-order valence-electron chi connectivity index (χ0n) is 9.63. The molecular formula is C13H20S. The topological polar surface area (TPSA) is 0 Å². The van der Waals surface area contributed by atoms with Crippen molar-refractivity contribution in [2.75, 3.05) is 0 Å². The van der Waals surface area contributed by atoms with E-state index in [0.717, 1.165) is 5.92 Å². The summed E-state index contributed by atoms with van der Waals surface area (Å²) >= 11 is 2.07. The highest BCUT2D eigenvalue weighted by Crippen LogP contribution is 2.46. The summed E-state index contributed by atoms with van der Waals surface area (Å²) in [6, 6.07) is 2.47. The Balaban J connectivity index is 2.34. The minimum Gasteiger partial charge on any atom is -0.145 e. The third-order valence-electron chi connectivity index (χ3n) is 2.94. The summed E-state index contributed by atoms with van der Waals surface area (Å²) in [6.45, 7) is 9.25. The second kappa shape index (κ2) is 3.69. The molecule has 0 N–H and O–H groups in total. The van der Waals surface area contributed by atoms with E-state index in [4.69, 9.17) is 0 Å². The van der Waals surface area contributed by atoms with Crippen molar-refractivity contribution in [1.29, 1.82) is 0 Å². The Hall–Kier alpha value is -0.300. The first-order valence-corrected chi connectivity index (χ1v) is 6.54. The van der Waals surface area contributed by atoms with Crippen molar-refractivity contribution in [3.63, 3.8) is 0 Å². The molecule has 1 fully saturated rings. The lowest BCUT2D eigenvalue weighted by molar-refractivity contribution is 0.809. The highest BCUT2D eigenvalue weighted by molar-refractivity contribution is 7.12. The van der Waals surface area contributed by atoms with Gasteiger partial charge in [0.15, 0.2) is 0 Å². The minimum atomic E-state index is 0.691. The van der Waals surface area contributed by atoms with E-state index in [1.54, 1.807) is 15.3 Å². The van der Waals surface area contributed by atoms with Crippen molar-refractivity contribution < 1.29 is 0 Å². The van der Waals surface area contributed by atoms with Crippen molar-refractivity contribution in [2.45, 2.75) is 58.3 Å². The van der Waals surface area contributed by atoms with E-state index in [0.29, 0.717) is 11.8 Å². The van der Waals surface area contributed by atoms with Crippen LogP contribution in [0.1, 0.15) is 73.6 Å². The molecule has 0 unspecified atom stereocenters. The SMILES string of the molecule is CC(C)c1cc(C2CC2)sc1C(C)C. The lowest BCUT2D eigenvalue weighted by Crippen LogP contribution is -1.91. The van der Waals surface area contributed by atoms with Crippen LogP contribution in [-0.4, -0.2) is 0 Å². The standard InChI is InChI=1S/C13H20S/c1-8(2)11-7-12(10-5-6-10)14-13(11)9(3)4/h7-10H,5-6H2,1-4H3. The number of hydrogen-bond acceptors (Lipinski definition) is 1. The first kappa shape index (κ1) is 10.2. The number of thiophene rings is 1. The molecule has 1 aromatic rings. The van der Waals surface area contributed by atoms with Gasteiger partial charge in [-0.1, -0.05) is 27.7 Å². The molecule has 0 spiro atoms. The monoisotopic (exact) mass is 208 g/mol. The van der Waals surface area contributed by atoms with Gasteiger partial charge in [0.1, 0.15) is 0 Å². The Labute approximate surface area is 91.4 Å². The number of rotatable bonds is 3. The molecule has 1 heterocycles. The van der Waals surface area contributed by atoms with Crippen LogP contribution in [0.3, 0.4) is 0 Å². The highest BCUT2D eigenvalue weighted by Gasteiger charge is 2.27. The Morgan fingerprint density at radius 2 is 1.79 bits per heavy atom. The van der Waals surface area contributed by atoms with Gasteiger partial charge in [-0.05, 0) is 42.2 Å². The predicted octanol–water partition coefficient (Wildman–Crippen LogP) is 4.87. The van der Waals surface area contributed by atoms with Gasteiger partial charge in [-0.25, -0.2) is 0 Å². The van der Waals surface area contributed by atoms with Crippen LogP contribution >= 0.6 is 11.3 Å². The van der Waals surface area contributed by atoms with Crippen LogP contribution in [0.4, 0.5) is 0 Å². The predicted molar refractivity (Wildman–Crippen MR) is 64.5 cm³/mol. The van der Waals surface area contributed by atoms with E-state index in [1.807, 2.05) is 0 Å². The second-order valence-electron chi connectivity index (χ2n) is 5.05. The van der Waals surface area contributed by atoms with Gasteiger partial charge in [-0.15, -0.1) is 11.3 Å². The molecule has 0 nitrogen and oxygen atoms in total. The Morgan fingerprint density at radius 1 is 1.14 bits per heavy atom. The molecule has 14 heavy (non-hydrogen) atoms. The molecule has 0 aliphatic heterocycles. The Morgan fingerprint density at radius 3 is 2.14 bits per heavy atom. The zero-order chi connectivity index (χ0) is 10.3. The molecule has 1 aromatic heterocycles. The second-order valence-corrected chi connectivity index (χ2v) is 6.17. The fourth-order valence-corrected chi connectivity index (χ4v) is 3.40. The summed E-state index contributed by atoms with van der Waals surface area (Å²) in [4.78, 5) is 3.28. The summed E-state index contributed by atoms with van der Waals surface area (Å²) in [7, 11) is 0. The van der Waals surface area contributed by atoms with E-state index < -0.39 is 0 Å². The first-order chi connectivity index (χ1) is 6.59. The summed E-state index contributed by atoms with van der Waals surface area (Å²) in [5.41, 5.74) is 1.60. The van der Waals surface area contributed by atoms with Crippen LogP contribution in [0.2, 0.25) is 0 Å². The molecule has 1 aliphatic rings.